The molecule has 0 unspecified atom stereocenters. The number of hydrogen-bond acceptors (Lipinski definition) is 4. The van der Waals surface area contributed by atoms with Crippen LogP contribution >= 0.6 is 0 Å². The summed E-state index contributed by atoms with van der Waals surface area (Å²) in [5.41, 5.74) is 6.76. The number of carbonyl (C=O) groups excluding carboxylic acids is 1. The second-order valence-electron chi connectivity index (χ2n) is 5.36. The number of aliphatic carboxylic acids is 1. The van der Waals surface area contributed by atoms with E-state index in [1.807, 2.05) is 0 Å². The molecule has 21 heavy (non-hydrogen) atoms. The Kier molecular flexibility index (Phi) is 4.80. The molecule has 0 bridgehead atoms. The van der Waals surface area contributed by atoms with Crippen LogP contribution in [0.5, 0.6) is 5.75 Å². The Morgan fingerprint density at radius 2 is 1.95 bits per heavy atom. The smallest absolute Gasteiger partial charge is 0.326 e. The highest BCUT2D eigenvalue weighted by Crippen LogP contribution is 2.19. The summed E-state index contributed by atoms with van der Waals surface area (Å²) in [5.74, 6) is -1.14. The van der Waals surface area contributed by atoms with Crippen molar-refractivity contribution in [3.63, 3.8) is 0 Å². The normalized spacial score (nSPS) is 20.0. The van der Waals surface area contributed by atoms with Gasteiger partial charge < -0.3 is 20.8 Å². The number of hydrogen-bond donors (Lipinski definition) is 3. The average molecular weight is 292 g/mol. The zero-order valence-electron chi connectivity index (χ0n) is 11.7. The van der Waals surface area contributed by atoms with Crippen molar-refractivity contribution in [2.75, 3.05) is 6.54 Å². The number of nitrogens with zero attached hydrogens (tertiary/aromatic N) is 1. The fraction of sp³-hybridized carbons (Fsp3) is 0.467. The van der Waals surface area contributed by atoms with Crippen molar-refractivity contribution in [2.45, 2.75) is 37.8 Å². The van der Waals surface area contributed by atoms with Gasteiger partial charge in [-0.05, 0) is 43.4 Å². The number of aromatic hydroxyl groups is 1. The number of amides is 1. The minimum Gasteiger partial charge on any atom is -0.508 e. The number of phenols is 1. The Labute approximate surface area is 123 Å². The lowest BCUT2D eigenvalue weighted by Crippen LogP contribution is -2.54. The molecule has 1 aliphatic rings. The van der Waals surface area contributed by atoms with Gasteiger partial charge in [0.2, 0.25) is 5.91 Å². The first-order chi connectivity index (χ1) is 9.99. The van der Waals surface area contributed by atoms with Crippen molar-refractivity contribution in [1.82, 2.24) is 4.90 Å². The van der Waals surface area contributed by atoms with Crippen molar-refractivity contribution in [3.05, 3.63) is 29.8 Å². The van der Waals surface area contributed by atoms with Gasteiger partial charge in [0.1, 0.15) is 11.8 Å². The first-order valence-electron chi connectivity index (χ1n) is 7.06. The van der Waals surface area contributed by atoms with Crippen LogP contribution in [0.3, 0.4) is 0 Å². The Hall–Kier alpha value is -2.08. The van der Waals surface area contributed by atoms with Crippen molar-refractivity contribution in [2.24, 2.45) is 5.73 Å². The van der Waals surface area contributed by atoms with Gasteiger partial charge >= 0.3 is 5.97 Å². The molecular weight excluding hydrogens is 272 g/mol. The number of rotatable bonds is 4. The number of carbonyl (C=O) groups is 2. The van der Waals surface area contributed by atoms with E-state index < -0.39 is 18.1 Å². The molecule has 0 saturated carbocycles. The second-order valence-corrected chi connectivity index (χ2v) is 5.36. The molecule has 1 aromatic carbocycles. The van der Waals surface area contributed by atoms with Crippen molar-refractivity contribution >= 4 is 11.9 Å². The third kappa shape index (κ3) is 3.72. The van der Waals surface area contributed by atoms with Gasteiger partial charge in [0.25, 0.3) is 0 Å². The topological polar surface area (TPSA) is 104 Å². The van der Waals surface area contributed by atoms with Gasteiger partial charge in [0, 0.05) is 6.54 Å². The van der Waals surface area contributed by atoms with E-state index in [0.717, 1.165) is 18.4 Å². The molecule has 2 rings (SSSR count). The monoisotopic (exact) mass is 292 g/mol. The fourth-order valence-corrected chi connectivity index (χ4v) is 2.64. The van der Waals surface area contributed by atoms with Crippen LogP contribution in [-0.2, 0) is 16.0 Å². The Morgan fingerprint density at radius 1 is 1.29 bits per heavy atom. The molecular formula is C15H20N2O4. The molecule has 1 fully saturated rings. The molecule has 114 valence electrons. The molecule has 0 aliphatic carbocycles. The van der Waals surface area contributed by atoms with Crippen LogP contribution in [0.4, 0.5) is 0 Å². The summed E-state index contributed by atoms with van der Waals surface area (Å²) in [5, 5.41) is 18.4. The fourth-order valence-electron chi connectivity index (χ4n) is 2.64. The maximum Gasteiger partial charge on any atom is 0.326 e. The van der Waals surface area contributed by atoms with Gasteiger partial charge in [-0.3, -0.25) is 4.79 Å². The number of benzene rings is 1. The van der Waals surface area contributed by atoms with Crippen LogP contribution < -0.4 is 5.73 Å². The molecule has 6 heteroatoms. The number of phenolic OH excluding ortho intramolecular Hbond substituents is 1. The van der Waals surface area contributed by atoms with Crippen molar-refractivity contribution in [3.8, 4) is 5.75 Å². The summed E-state index contributed by atoms with van der Waals surface area (Å²) in [6.07, 6.45) is 2.42. The zero-order chi connectivity index (χ0) is 15.4. The number of carboxylic acids is 1. The summed E-state index contributed by atoms with van der Waals surface area (Å²) < 4.78 is 0. The maximum atomic E-state index is 12.4. The predicted octanol–water partition coefficient (Wildman–Crippen LogP) is 0.728. The third-order valence-corrected chi connectivity index (χ3v) is 3.78. The van der Waals surface area contributed by atoms with Crippen molar-refractivity contribution < 1.29 is 19.8 Å². The SMILES string of the molecule is N[C@@H](Cc1ccc(O)cc1)C(=O)N1CCCC[C@H]1C(=O)O. The summed E-state index contributed by atoms with van der Waals surface area (Å²) >= 11 is 0. The number of carboxylic acid groups (broad SMARTS) is 1. The first-order valence-corrected chi connectivity index (χ1v) is 7.06. The highest BCUT2D eigenvalue weighted by Gasteiger charge is 2.34. The largest absolute Gasteiger partial charge is 0.508 e. The van der Waals surface area contributed by atoms with E-state index >= 15 is 0 Å². The molecule has 1 saturated heterocycles. The quantitative estimate of drug-likeness (QED) is 0.759. The van der Waals surface area contributed by atoms with Crippen LogP contribution in [0.25, 0.3) is 0 Å². The molecule has 4 N–H and O–H groups in total. The molecule has 1 heterocycles. The van der Waals surface area contributed by atoms with Gasteiger partial charge in [0.05, 0.1) is 6.04 Å². The van der Waals surface area contributed by atoms with E-state index in [-0.39, 0.29) is 11.7 Å². The molecule has 0 aromatic heterocycles. The Balaban J connectivity index is 2.03. The number of nitrogens with two attached hydrogens (primary N) is 1. The summed E-state index contributed by atoms with van der Waals surface area (Å²) in [4.78, 5) is 25.0. The lowest BCUT2D eigenvalue weighted by Gasteiger charge is -2.34. The summed E-state index contributed by atoms with van der Waals surface area (Å²) in [7, 11) is 0. The average Bonchev–Trinajstić information content (AvgIpc) is 2.48. The van der Waals surface area contributed by atoms with Crippen LogP contribution in [0.15, 0.2) is 24.3 Å². The molecule has 1 aromatic rings. The Bertz CT molecular complexity index is 515. The number of likely N-dealkylation sites (tertiary alicyclic amines) is 1. The lowest BCUT2D eigenvalue weighted by molar-refractivity contribution is -0.152. The van der Waals surface area contributed by atoms with Crippen LogP contribution in [0.2, 0.25) is 0 Å². The molecule has 0 radical (unpaired) electrons. The van der Waals surface area contributed by atoms with Crippen LogP contribution in [0.1, 0.15) is 24.8 Å². The maximum absolute atomic E-state index is 12.4. The highest BCUT2D eigenvalue weighted by molar-refractivity contribution is 5.87. The lowest BCUT2D eigenvalue weighted by atomic mass is 9.99. The van der Waals surface area contributed by atoms with E-state index in [1.54, 1.807) is 12.1 Å². The Morgan fingerprint density at radius 3 is 2.57 bits per heavy atom. The van der Waals surface area contributed by atoms with E-state index in [1.165, 1.54) is 17.0 Å². The molecule has 0 spiro atoms. The van der Waals surface area contributed by atoms with Crippen LogP contribution in [0, 0.1) is 0 Å². The van der Waals surface area contributed by atoms with E-state index in [9.17, 15) is 19.8 Å². The van der Waals surface area contributed by atoms with Gasteiger partial charge in [-0.25, -0.2) is 4.79 Å². The molecule has 1 aliphatic heterocycles. The minimum atomic E-state index is -0.972. The van der Waals surface area contributed by atoms with E-state index in [0.29, 0.717) is 19.4 Å². The van der Waals surface area contributed by atoms with E-state index in [4.69, 9.17) is 5.73 Å². The van der Waals surface area contributed by atoms with Gasteiger partial charge in [-0.15, -0.1) is 0 Å². The van der Waals surface area contributed by atoms with Gasteiger partial charge in [-0.1, -0.05) is 12.1 Å². The van der Waals surface area contributed by atoms with Gasteiger partial charge in [-0.2, -0.15) is 0 Å². The minimum absolute atomic E-state index is 0.153. The van der Waals surface area contributed by atoms with Gasteiger partial charge in [0.15, 0.2) is 0 Å². The standard InChI is InChI=1S/C15H20N2O4/c16-12(9-10-4-6-11(18)7-5-10)14(19)17-8-2-1-3-13(17)15(20)21/h4-7,12-13,18H,1-3,8-9,16H2,(H,20,21)/t12-,13-/m0/s1. The summed E-state index contributed by atoms with van der Waals surface area (Å²) in [6, 6.07) is 4.94. The third-order valence-electron chi connectivity index (χ3n) is 3.78. The van der Waals surface area contributed by atoms with Crippen LogP contribution in [-0.4, -0.2) is 45.6 Å². The molecule has 2 atom stereocenters. The highest BCUT2D eigenvalue weighted by atomic mass is 16.4. The summed E-state index contributed by atoms with van der Waals surface area (Å²) in [6.45, 7) is 0.444. The number of piperidine rings is 1. The van der Waals surface area contributed by atoms with Crippen molar-refractivity contribution in [1.29, 1.82) is 0 Å². The molecule has 1 amide bonds. The molecule has 6 nitrogen and oxygen atoms in total. The zero-order valence-corrected chi connectivity index (χ0v) is 11.7. The predicted molar refractivity (Wildman–Crippen MR) is 76.8 cm³/mol. The first kappa shape index (κ1) is 15.3. The second kappa shape index (κ2) is 6.58. The van der Waals surface area contributed by atoms with E-state index in [2.05, 4.69) is 0 Å².